The Labute approximate surface area is 225 Å². The van der Waals surface area contributed by atoms with E-state index in [2.05, 4.69) is 49.6 Å². The summed E-state index contributed by atoms with van der Waals surface area (Å²) >= 11 is 1.76. The first kappa shape index (κ1) is 27.1. The van der Waals surface area contributed by atoms with Crippen molar-refractivity contribution in [3.05, 3.63) is 92.7 Å². The van der Waals surface area contributed by atoms with Gasteiger partial charge in [-0.05, 0) is 66.5 Å². The van der Waals surface area contributed by atoms with Crippen LogP contribution in [0.4, 0.5) is 0 Å². The van der Waals surface area contributed by atoms with E-state index in [4.69, 9.17) is 4.74 Å². The first-order valence-electron chi connectivity index (χ1n) is 13.3. The quantitative estimate of drug-likeness (QED) is 0.290. The van der Waals surface area contributed by atoms with Crippen LogP contribution >= 0.6 is 11.3 Å². The minimum atomic E-state index is -0.134. The van der Waals surface area contributed by atoms with Gasteiger partial charge in [-0.3, -0.25) is 9.59 Å². The molecule has 0 saturated heterocycles. The molecule has 2 heterocycles. The lowest BCUT2D eigenvalue weighted by molar-refractivity contribution is -0.134. The highest BCUT2D eigenvalue weighted by atomic mass is 32.1. The van der Waals surface area contributed by atoms with Gasteiger partial charge in [0.25, 0.3) is 5.91 Å². The maximum absolute atomic E-state index is 13.8. The molecule has 0 radical (unpaired) electrons. The predicted octanol–water partition coefficient (Wildman–Crippen LogP) is 6.05. The molecule has 37 heavy (non-hydrogen) atoms. The summed E-state index contributed by atoms with van der Waals surface area (Å²) in [6, 6.07) is 18.3. The number of thiophene rings is 1. The molecular weight excluding hydrogens is 480 g/mol. The molecule has 6 heteroatoms. The summed E-state index contributed by atoms with van der Waals surface area (Å²) in [5.74, 6) is -0.173. The first-order valence-corrected chi connectivity index (χ1v) is 14.2. The van der Waals surface area contributed by atoms with Gasteiger partial charge < -0.3 is 14.5 Å². The molecule has 0 aliphatic carbocycles. The van der Waals surface area contributed by atoms with E-state index in [9.17, 15) is 9.59 Å². The lowest BCUT2D eigenvalue weighted by Gasteiger charge is -2.37. The van der Waals surface area contributed by atoms with Crippen LogP contribution in [0.1, 0.15) is 69.7 Å². The van der Waals surface area contributed by atoms with Crippen molar-refractivity contribution in [3.63, 3.8) is 0 Å². The third-order valence-corrected chi connectivity index (χ3v) is 8.12. The molecule has 1 aliphatic heterocycles. The summed E-state index contributed by atoms with van der Waals surface area (Å²) in [4.78, 5) is 32.2. The first-order chi connectivity index (χ1) is 18.0. The Bertz CT molecular complexity index is 1170. The Kier molecular flexibility index (Phi) is 9.53. The number of methoxy groups -OCH3 is 1. The molecule has 1 unspecified atom stereocenters. The van der Waals surface area contributed by atoms with E-state index in [0.29, 0.717) is 25.3 Å². The lowest BCUT2D eigenvalue weighted by atomic mass is 9.92. The monoisotopic (exact) mass is 518 g/mol. The molecule has 1 atom stereocenters. The number of carbonyl (C=O) groups is 2. The third-order valence-electron chi connectivity index (χ3n) is 7.13. The summed E-state index contributed by atoms with van der Waals surface area (Å²) in [5, 5.41) is 2.11. The van der Waals surface area contributed by atoms with E-state index in [-0.39, 0.29) is 24.4 Å². The normalized spacial score (nSPS) is 14.9. The lowest BCUT2D eigenvalue weighted by Crippen LogP contribution is -2.47. The highest BCUT2D eigenvalue weighted by molar-refractivity contribution is 7.10. The maximum Gasteiger partial charge on any atom is 0.254 e. The van der Waals surface area contributed by atoms with Crippen LogP contribution in [0.3, 0.4) is 0 Å². The minimum absolute atomic E-state index is 0.0300. The van der Waals surface area contributed by atoms with Crippen LogP contribution in [-0.4, -0.2) is 55.0 Å². The Balaban J connectivity index is 1.53. The summed E-state index contributed by atoms with van der Waals surface area (Å²) in [6.45, 7) is 5.69. The van der Waals surface area contributed by atoms with Gasteiger partial charge in [0, 0.05) is 30.6 Å². The molecule has 2 amide bonds. The molecule has 0 fully saturated rings. The van der Waals surface area contributed by atoms with E-state index in [0.717, 1.165) is 24.8 Å². The van der Waals surface area contributed by atoms with E-state index < -0.39 is 0 Å². The molecule has 0 spiro atoms. The SMILES string of the molecule is CCCCCc1ccc(C(=O)N(CCOC)CC(=O)N2CCc3sccc3C2c2ccc(C)cc2)cc1. The topological polar surface area (TPSA) is 49.9 Å². The highest BCUT2D eigenvalue weighted by Gasteiger charge is 2.34. The molecule has 0 N–H and O–H groups in total. The van der Waals surface area contributed by atoms with E-state index >= 15 is 0 Å². The van der Waals surface area contributed by atoms with E-state index in [1.165, 1.54) is 34.4 Å². The number of unbranched alkanes of at least 4 members (excludes halogenated alkanes) is 2. The van der Waals surface area contributed by atoms with Crippen molar-refractivity contribution >= 4 is 23.2 Å². The van der Waals surface area contributed by atoms with Gasteiger partial charge in [-0.15, -0.1) is 11.3 Å². The summed E-state index contributed by atoms with van der Waals surface area (Å²) in [5.41, 5.74) is 5.34. The summed E-state index contributed by atoms with van der Waals surface area (Å²) < 4.78 is 5.28. The molecule has 5 nitrogen and oxygen atoms in total. The molecule has 1 aliphatic rings. The Morgan fingerprint density at radius 3 is 2.51 bits per heavy atom. The minimum Gasteiger partial charge on any atom is -0.383 e. The second-order valence-corrected chi connectivity index (χ2v) is 10.8. The zero-order valence-corrected chi connectivity index (χ0v) is 23.1. The van der Waals surface area contributed by atoms with Crippen molar-refractivity contribution in [1.29, 1.82) is 0 Å². The van der Waals surface area contributed by atoms with Gasteiger partial charge in [0.1, 0.15) is 6.54 Å². The number of aryl methyl sites for hydroxylation is 2. The zero-order chi connectivity index (χ0) is 26.2. The van der Waals surface area contributed by atoms with Crippen molar-refractivity contribution < 1.29 is 14.3 Å². The zero-order valence-electron chi connectivity index (χ0n) is 22.2. The maximum atomic E-state index is 13.8. The molecule has 1 aromatic heterocycles. The average molecular weight is 519 g/mol. The van der Waals surface area contributed by atoms with Gasteiger partial charge in [0.15, 0.2) is 0 Å². The van der Waals surface area contributed by atoms with Gasteiger partial charge in [-0.2, -0.15) is 0 Å². The smallest absolute Gasteiger partial charge is 0.254 e. The van der Waals surface area contributed by atoms with Gasteiger partial charge in [0.2, 0.25) is 5.91 Å². The van der Waals surface area contributed by atoms with Crippen LogP contribution in [-0.2, 0) is 22.4 Å². The predicted molar refractivity (Wildman–Crippen MR) is 150 cm³/mol. The number of hydrogen-bond donors (Lipinski definition) is 0. The van der Waals surface area contributed by atoms with Gasteiger partial charge >= 0.3 is 0 Å². The van der Waals surface area contributed by atoms with Crippen LogP contribution in [0.25, 0.3) is 0 Å². The largest absolute Gasteiger partial charge is 0.383 e. The fraction of sp³-hybridized carbons (Fsp3) is 0.419. The number of amides is 2. The van der Waals surface area contributed by atoms with Crippen LogP contribution in [0.2, 0.25) is 0 Å². The van der Waals surface area contributed by atoms with Crippen LogP contribution in [0.5, 0.6) is 0 Å². The number of hydrogen-bond acceptors (Lipinski definition) is 4. The molecule has 2 aromatic carbocycles. The molecule has 196 valence electrons. The average Bonchev–Trinajstić information content (AvgIpc) is 3.40. The van der Waals surface area contributed by atoms with E-state index in [1.807, 2.05) is 29.2 Å². The number of fused-ring (bicyclic) bond motifs is 1. The molecule has 3 aromatic rings. The number of nitrogens with zero attached hydrogens (tertiary/aromatic N) is 2. The second-order valence-electron chi connectivity index (χ2n) is 9.82. The van der Waals surface area contributed by atoms with Crippen molar-refractivity contribution in [1.82, 2.24) is 9.80 Å². The van der Waals surface area contributed by atoms with Crippen molar-refractivity contribution in [3.8, 4) is 0 Å². The molecule has 0 saturated carbocycles. The number of benzene rings is 2. The van der Waals surface area contributed by atoms with E-state index in [1.54, 1.807) is 23.3 Å². The van der Waals surface area contributed by atoms with Gasteiger partial charge in [0.05, 0.1) is 12.6 Å². The molecule has 0 bridgehead atoms. The number of ether oxygens (including phenoxy) is 1. The van der Waals surface area contributed by atoms with Crippen LogP contribution in [0, 0.1) is 6.92 Å². The summed E-state index contributed by atoms with van der Waals surface area (Å²) in [6.07, 6.45) is 5.41. The van der Waals surface area contributed by atoms with Crippen LogP contribution < -0.4 is 0 Å². The third kappa shape index (κ3) is 6.68. The fourth-order valence-electron chi connectivity index (χ4n) is 4.98. The number of rotatable bonds is 11. The van der Waals surface area contributed by atoms with Gasteiger partial charge in [-0.1, -0.05) is 61.7 Å². The van der Waals surface area contributed by atoms with Crippen molar-refractivity contribution in [2.24, 2.45) is 0 Å². The van der Waals surface area contributed by atoms with Crippen molar-refractivity contribution in [2.75, 3.05) is 33.4 Å². The van der Waals surface area contributed by atoms with Crippen molar-refractivity contribution in [2.45, 2.75) is 52.0 Å². The Morgan fingerprint density at radius 1 is 1.05 bits per heavy atom. The molecular formula is C31H38N2O3S. The van der Waals surface area contributed by atoms with Crippen LogP contribution in [0.15, 0.2) is 60.0 Å². The molecule has 4 rings (SSSR count). The van der Waals surface area contributed by atoms with Gasteiger partial charge in [-0.25, -0.2) is 0 Å². The Morgan fingerprint density at radius 2 is 1.81 bits per heavy atom. The number of carbonyl (C=O) groups excluding carboxylic acids is 2. The summed E-state index contributed by atoms with van der Waals surface area (Å²) in [7, 11) is 1.62. The standard InChI is InChI=1S/C31H38N2O3S/c1-4-5-6-7-24-10-14-26(15-11-24)31(35)32(19-20-36-3)22-29(34)33-18-16-28-27(17-21-37-28)30(33)25-12-8-23(2)9-13-25/h8-15,17,21,30H,4-7,16,18-20,22H2,1-3H3. The fourth-order valence-corrected chi connectivity index (χ4v) is 5.88. The highest BCUT2D eigenvalue weighted by Crippen LogP contribution is 2.38. The second kappa shape index (κ2) is 13.0. The Hall–Kier alpha value is -2.96.